The van der Waals surface area contributed by atoms with Crippen molar-refractivity contribution in [3.05, 3.63) is 60.6 Å². The highest BCUT2D eigenvalue weighted by Gasteiger charge is 2.64. The van der Waals surface area contributed by atoms with Crippen LogP contribution < -0.4 is 0 Å². The average molecular weight is 421 g/mol. The highest BCUT2D eigenvalue weighted by molar-refractivity contribution is 5.42. The van der Waals surface area contributed by atoms with Crippen LogP contribution in [0.2, 0.25) is 0 Å². The number of unbranched alkanes of at least 4 members (excludes halogenated alkanes) is 2. The summed E-state index contributed by atoms with van der Waals surface area (Å²) in [6.45, 7) is 13.0. The number of rotatable bonds is 6. The maximum Gasteiger partial charge on any atom is 0.125 e. The molecule has 0 amide bonds. The first-order valence-corrected chi connectivity index (χ1v) is 12.8. The molecule has 1 aromatic heterocycles. The maximum absolute atomic E-state index is 6.70. The topological polar surface area (TPSA) is 19.6 Å². The minimum Gasteiger partial charge on any atom is -0.464 e. The molecule has 1 unspecified atom stereocenters. The predicted octanol–water partition coefficient (Wildman–Crippen LogP) is 6.40. The molecule has 2 saturated heterocycles. The van der Waals surface area contributed by atoms with Crippen LogP contribution >= 0.6 is 0 Å². The van der Waals surface area contributed by atoms with E-state index in [-0.39, 0.29) is 0 Å². The Bertz CT molecular complexity index is 823. The first-order valence-electron chi connectivity index (χ1n) is 12.8. The quantitative estimate of drug-likeness (QED) is 0.392. The van der Waals surface area contributed by atoms with Gasteiger partial charge in [0, 0.05) is 24.4 Å². The van der Waals surface area contributed by atoms with Crippen LogP contribution in [0.15, 0.2) is 47.9 Å². The van der Waals surface area contributed by atoms with E-state index >= 15 is 0 Å². The Labute approximate surface area is 188 Å². The molecular weight excluding hydrogens is 380 g/mol. The van der Waals surface area contributed by atoms with Gasteiger partial charge in [0.15, 0.2) is 0 Å². The average Bonchev–Trinajstić information content (AvgIpc) is 3.37. The third kappa shape index (κ3) is 3.78. The van der Waals surface area contributed by atoms with Gasteiger partial charge in [-0.15, -0.1) is 13.2 Å². The van der Waals surface area contributed by atoms with Crippen molar-refractivity contribution < 1.29 is 4.42 Å². The molecule has 1 spiro atoms. The summed E-state index contributed by atoms with van der Waals surface area (Å²) in [5, 5.41) is 0. The van der Waals surface area contributed by atoms with Crippen LogP contribution in [0.1, 0.15) is 86.8 Å². The summed E-state index contributed by atoms with van der Waals surface area (Å²) in [5.41, 5.74) is 1.86. The molecule has 0 N–H and O–H groups in total. The summed E-state index contributed by atoms with van der Waals surface area (Å²) < 4.78 is 6.70. The van der Waals surface area contributed by atoms with Gasteiger partial charge in [0.2, 0.25) is 0 Å². The van der Waals surface area contributed by atoms with Gasteiger partial charge in [-0.25, -0.2) is 0 Å². The summed E-state index contributed by atoms with van der Waals surface area (Å²) in [4.78, 5) is 5.55. The largest absolute Gasteiger partial charge is 0.464 e. The molecule has 6 rings (SSSR count). The predicted molar refractivity (Wildman–Crippen MR) is 128 cm³/mol. The first kappa shape index (κ1) is 21.3. The van der Waals surface area contributed by atoms with Crippen LogP contribution in [0.5, 0.6) is 0 Å². The fraction of sp³-hybridized carbons (Fsp3) is 0.643. The van der Waals surface area contributed by atoms with E-state index in [2.05, 4.69) is 53.3 Å². The van der Waals surface area contributed by atoms with Crippen molar-refractivity contribution in [2.24, 2.45) is 5.41 Å². The molecule has 3 nitrogen and oxygen atoms in total. The van der Waals surface area contributed by atoms with Crippen molar-refractivity contribution in [3.63, 3.8) is 0 Å². The summed E-state index contributed by atoms with van der Waals surface area (Å²) in [6, 6.07) is 3.35. The lowest BCUT2D eigenvalue weighted by Gasteiger charge is -2.45. The van der Waals surface area contributed by atoms with E-state index in [0.717, 1.165) is 25.8 Å². The Balaban J connectivity index is 1.50. The Morgan fingerprint density at radius 1 is 1.13 bits per heavy atom. The second-order valence-corrected chi connectivity index (χ2v) is 10.3. The van der Waals surface area contributed by atoms with Gasteiger partial charge < -0.3 is 9.32 Å². The summed E-state index contributed by atoms with van der Waals surface area (Å²) in [7, 11) is 0. The SMILES string of the molecule is C=CCCCCN1[C@H]2c3oc4cc3[C@@H]3CCN(CCCC/C=C\CC4)C[C@]23C[C@@H]1C=C. The lowest BCUT2D eigenvalue weighted by atomic mass is 9.68. The van der Waals surface area contributed by atoms with Gasteiger partial charge in [-0.3, -0.25) is 4.90 Å². The lowest BCUT2D eigenvalue weighted by molar-refractivity contribution is 0.0365. The molecule has 0 aromatic carbocycles. The Morgan fingerprint density at radius 2 is 2.03 bits per heavy atom. The number of allylic oxidation sites excluding steroid dienone is 3. The lowest BCUT2D eigenvalue weighted by Crippen LogP contribution is -2.47. The molecule has 5 heterocycles. The van der Waals surface area contributed by atoms with Crippen molar-refractivity contribution in [3.8, 4) is 0 Å². The number of aryl methyl sites for hydroxylation is 1. The third-order valence-corrected chi connectivity index (χ3v) is 8.47. The minimum atomic E-state index is 0.306. The van der Waals surface area contributed by atoms with Crippen LogP contribution in [0, 0.1) is 5.41 Å². The fourth-order valence-corrected chi connectivity index (χ4v) is 7.14. The molecule has 5 aliphatic rings. The highest BCUT2D eigenvalue weighted by Crippen LogP contribution is 2.66. The molecule has 3 heteroatoms. The monoisotopic (exact) mass is 420 g/mol. The van der Waals surface area contributed by atoms with Gasteiger partial charge in [-0.2, -0.15) is 0 Å². The first-order chi connectivity index (χ1) is 15.3. The van der Waals surface area contributed by atoms with Crippen LogP contribution in [-0.4, -0.2) is 42.0 Å². The number of piperidine rings is 1. The molecule has 5 atom stereocenters. The van der Waals surface area contributed by atoms with E-state index in [1.165, 1.54) is 76.1 Å². The van der Waals surface area contributed by atoms with Gasteiger partial charge >= 0.3 is 0 Å². The zero-order valence-corrected chi connectivity index (χ0v) is 19.2. The van der Waals surface area contributed by atoms with Gasteiger partial charge in [0.25, 0.3) is 0 Å². The van der Waals surface area contributed by atoms with E-state index in [0.29, 0.717) is 23.4 Å². The molecule has 31 heavy (non-hydrogen) atoms. The minimum absolute atomic E-state index is 0.306. The Hall–Kier alpha value is -1.58. The molecule has 4 aliphatic heterocycles. The van der Waals surface area contributed by atoms with E-state index in [1.54, 1.807) is 5.56 Å². The maximum atomic E-state index is 6.70. The van der Waals surface area contributed by atoms with Gasteiger partial charge in [-0.05, 0) is 95.0 Å². The number of furan rings is 1. The third-order valence-electron chi connectivity index (χ3n) is 8.47. The normalized spacial score (nSPS) is 36.1. The van der Waals surface area contributed by atoms with Crippen molar-refractivity contribution in [1.82, 2.24) is 9.80 Å². The van der Waals surface area contributed by atoms with Crippen LogP contribution in [0.4, 0.5) is 0 Å². The summed E-state index contributed by atoms with van der Waals surface area (Å²) in [5.74, 6) is 3.17. The van der Waals surface area contributed by atoms with Gasteiger partial charge in [0.05, 0.1) is 6.04 Å². The van der Waals surface area contributed by atoms with E-state index in [4.69, 9.17) is 4.42 Å². The summed E-state index contributed by atoms with van der Waals surface area (Å²) >= 11 is 0. The molecule has 2 fully saturated rings. The molecule has 168 valence electrons. The van der Waals surface area contributed by atoms with Crippen LogP contribution in [0.25, 0.3) is 0 Å². The van der Waals surface area contributed by atoms with E-state index in [1.807, 2.05) is 0 Å². The molecule has 1 aliphatic carbocycles. The fourth-order valence-electron chi connectivity index (χ4n) is 7.14. The Kier molecular flexibility index (Phi) is 6.25. The number of fused-ring (bicyclic) bond motifs is 7. The van der Waals surface area contributed by atoms with Crippen molar-refractivity contribution in [1.29, 1.82) is 0 Å². The van der Waals surface area contributed by atoms with E-state index < -0.39 is 0 Å². The second kappa shape index (κ2) is 9.11. The van der Waals surface area contributed by atoms with Crippen molar-refractivity contribution in [2.75, 3.05) is 26.2 Å². The van der Waals surface area contributed by atoms with Crippen LogP contribution in [0.3, 0.4) is 0 Å². The molecule has 6 bridgehead atoms. The zero-order chi connectivity index (χ0) is 21.3. The summed E-state index contributed by atoms with van der Waals surface area (Å²) in [6.07, 6.45) is 21.1. The van der Waals surface area contributed by atoms with Crippen molar-refractivity contribution in [2.45, 2.75) is 82.2 Å². The standard InChI is InChI=1S/C28H40N2O/c1-3-5-6-13-17-30-22(4-2)20-28-21-29-16-12-10-8-7-9-11-14-23-19-24(25(28)15-18-29)26(31-23)27(28)30/h3-4,7,9,19,22,25,27H,1-2,5-6,8,10-18,20-21H2/b9-7-/t22-,25-,27-,28-/m0/s1. The number of nitrogens with zero attached hydrogens (tertiary/aromatic N) is 2. The molecular formula is C28H40N2O. The molecule has 1 aromatic rings. The highest BCUT2D eigenvalue weighted by atomic mass is 16.3. The Morgan fingerprint density at radius 3 is 2.90 bits per heavy atom. The smallest absolute Gasteiger partial charge is 0.125 e. The second-order valence-electron chi connectivity index (χ2n) is 10.3. The van der Waals surface area contributed by atoms with Gasteiger partial charge in [0.1, 0.15) is 11.5 Å². The number of likely N-dealkylation sites (tertiary alicyclic amines) is 1. The molecule has 0 radical (unpaired) electrons. The van der Waals surface area contributed by atoms with Crippen molar-refractivity contribution >= 4 is 0 Å². The zero-order valence-electron chi connectivity index (χ0n) is 19.2. The number of hydrogen-bond donors (Lipinski definition) is 0. The number of hydrogen-bond acceptors (Lipinski definition) is 3. The molecule has 0 saturated carbocycles. The van der Waals surface area contributed by atoms with Gasteiger partial charge in [-0.1, -0.05) is 24.3 Å². The van der Waals surface area contributed by atoms with E-state index in [9.17, 15) is 0 Å². The van der Waals surface area contributed by atoms with Crippen LogP contribution in [-0.2, 0) is 6.42 Å².